The quantitative estimate of drug-likeness (QED) is 0.504. The summed E-state index contributed by atoms with van der Waals surface area (Å²) < 4.78 is 16.5. The lowest BCUT2D eigenvalue weighted by Gasteiger charge is -2.06. The number of aromatic nitrogens is 3. The minimum absolute atomic E-state index is 0.224. The number of ether oxygens (including phenoxy) is 3. The van der Waals surface area contributed by atoms with Crippen LogP contribution < -0.4 is 25.5 Å². The van der Waals surface area contributed by atoms with Gasteiger partial charge in [-0.05, 0) is 35.9 Å². The van der Waals surface area contributed by atoms with E-state index in [2.05, 4.69) is 15.1 Å². The fourth-order valence-electron chi connectivity index (χ4n) is 3.09. The molecule has 0 saturated heterocycles. The van der Waals surface area contributed by atoms with Gasteiger partial charge in [-0.25, -0.2) is 4.79 Å². The van der Waals surface area contributed by atoms with Crippen LogP contribution in [-0.4, -0.2) is 42.2 Å². The number of benzene rings is 2. The number of nitrogens with one attached hydrogen (secondary N) is 2. The second-order valence-electron chi connectivity index (χ2n) is 6.19. The Balaban J connectivity index is 1.85. The van der Waals surface area contributed by atoms with Gasteiger partial charge >= 0.3 is 11.2 Å². The molecule has 0 aliphatic carbocycles. The van der Waals surface area contributed by atoms with Crippen molar-refractivity contribution in [3.63, 3.8) is 0 Å². The van der Waals surface area contributed by atoms with Gasteiger partial charge in [-0.3, -0.25) is 4.79 Å². The van der Waals surface area contributed by atoms with Gasteiger partial charge in [-0.2, -0.15) is 5.10 Å². The predicted octanol–water partition coefficient (Wildman–Crippen LogP) is 2.08. The van der Waals surface area contributed by atoms with Gasteiger partial charge in [-0.1, -0.05) is 0 Å². The zero-order chi connectivity index (χ0) is 20.5. The van der Waals surface area contributed by atoms with Crippen molar-refractivity contribution in [1.29, 1.82) is 0 Å². The van der Waals surface area contributed by atoms with E-state index in [0.29, 0.717) is 39.2 Å². The molecule has 0 bridgehead atoms. The molecule has 0 radical (unpaired) electrons. The van der Waals surface area contributed by atoms with Crippen LogP contribution in [-0.2, 0) is 0 Å². The maximum absolute atomic E-state index is 12.9. The minimum Gasteiger partial charge on any atom is -0.497 e. The summed E-state index contributed by atoms with van der Waals surface area (Å²) in [7, 11) is 4.61. The minimum atomic E-state index is -0.650. The first-order chi connectivity index (χ1) is 14.0. The zero-order valence-corrected chi connectivity index (χ0v) is 16.0. The van der Waals surface area contributed by atoms with Crippen molar-refractivity contribution >= 4 is 28.2 Å². The van der Waals surface area contributed by atoms with Gasteiger partial charge in [0.25, 0.3) is 0 Å². The first-order valence-corrected chi connectivity index (χ1v) is 8.67. The Labute approximate surface area is 164 Å². The Morgan fingerprint density at radius 1 is 0.897 bits per heavy atom. The average Bonchev–Trinajstić information content (AvgIpc) is 3.10. The number of aromatic amines is 2. The molecule has 0 unspecified atom stereocenters. The van der Waals surface area contributed by atoms with Gasteiger partial charge in [0.15, 0.2) is 11.5 Å². The molecule has 2 aromatic heterocycles. The molecule has 0 amide bonds. The highest BCUT2D eigenvalue weighted by Crippen LogP contribution is 2.34. The number of methoxy groups -OCH3 is 3. The van der Waals surface area contributed by atoms with E-state index in [0.717, 1.165) is 4.68 Å². The van der Waals surface area contributed by atoms with Gasteiger partial charge in [-0.15, -0.1) is 4.68 Å². The molecule has 29 heavy (non-hydrogen) atoms. The molecular formula is C20H18N4O5. The maximum atomic E-state index is 12.9. The van der Waals surface area contributed by atoms with Crippen molar-refractivity contribution < 1.29 is 14.2 Å². The van der Waals surface area contributed by atoms with Crippen molar-refractivity contribution in [2.75, 3.05) is 21.3 Å². The van der Waals surface area contributed by atoms with E-state index in [1.165, 1.54) is 20.4 Å². The van der Waals surface area contributed by atoms with Crippen LogP contribution in [0.2, 0.25) is 0 Å². The summed E-state index contributed by atoms with van der Waals surface area (Å²) >= 11 is 0. The molecule has 0 aliphatic rings. The topological polar surface area (TPSA) is 111 Å². The number of H-pyrrole nitrogens is 2. The van der Waals surface area contributed by atoms with Gasteiger partial charge in [0.05, 0.1) is 38.6 Å². The molecule has 4 rings (SSSR count). The third kappa shape index (κ3) is 3.12. The number of nitrogens with zero attached hydrogens (tertiary/aromatic N) is 2. The first kappa shape index (κ1) is 18.4. The summed E-state index contributed by atoms with van der Waals surface area (Å²) in [6, 6.07) is 10.5. The second kappa shape index (κ2) is 7.19. The Morgan fingerprint density at radius 3 is 2.24 bits per heavy atom. The standard InChI is InChI=1S/C20H18N4O5/c1-27-12-6-4-11(5-7-12)10-21-24-19(25)18-17(23-20(24)26)13-8-15(28-2)16(29-3)9-14(13)22-18/h4-10,22H,1-3H3,(H,23,26). The fraction of sp³-hybridized carbons (Fsp3) is 0.150. The summed E-state index contributed by atoms with van der Waals surface area (Å²) in [5.41, 5.74) is 0.727. The van der Waals surface area contributed by atoms with Crippen LogP contribution in [0, 0.1) is 0 Å². The van der Waals surface area contributed by atoms with Crippen LogP contribution in [0.5, 0.6) is 17.2 Å². The van der Waals surface area contributed by atoms with Crippen LogP contribution in [0.15, 0.2) is 51.1 Å². The average molecular weight is 394 g/mol. The zero-order valence-electron chi connectivity index (χ0n) is 16.0. The van der Waals surface area contributed by atoms with Crippen molar-refractivity contribution in [3.8, 4) is 17.2 Å². The molecule has 2 N–H and O–H groups in total. The normalized spacial score (nSPS) is 11.4. The first-order valence-electron chi connectivity index (χ1n) is 8.67. The highest BCUT2D eigenvalue weighted by molar-refractivity contribution is 6.05. The maximum Gasteiger partial charge on any atom is 0.350 e. The van der Waals surface area contributed by atoms with Crippen LogP contribution >= 0.6 is 0 Å². The largest absolute Gasteiger partial charge is 0.497 e. The van der Waals surface area contributed by atoms with E-state index in [1.54, 1.807) is 43.5 Å². The van der Waals surface area contributed by atoms with Crippen molar-refractivity contribution in [3.05, 3.63) is 62.8 Å². The molecule has 9 heteroatoms. The Hall–Kier alpha value is -4.01. The lowest BCUT2D eigenvalue weighted by molar-refractivity contribution is 0.356. The van der Waals surface area contributed by atoms with Crippen LogP contribution in [0.3, 0.4) is 0 Å². The molecule has 0 aliphatic heterocycles. The van der Waals surface area contributed by atoms with Crippen LogP contribution in [0.25, 0.3) is 21.9 Å². The second-order valence-corrected chi connectivity index (χ2v) is 6.19. The molecule has 0 saturated carbocycles. The Morgan fingerprint density at radius 2 is 1.59 bits per heavy atom. The summed E-state index contributed by atoms with van der Waals surface area (Å²) in [6.07, 6.45) is 1.43. The molecule has 0 atom stereocenters. The van der Waals surface area contributed by atoms with E-state index in [1.807, 2.05) is 0 Å². The molecule has 2 aromatic carbocycles. The number of fused-ring (bicyclic) bond motifs is 3. The molecule has 9 nitrogen and oxygen atoms in total. The summed E-state index contributed by atoms with van der Waals surface area (Å²) in [5.74, 6) is 1.69. The van der Waals surface area contributed by atoms with E-state index in [-0.39, 0.29) is 5.52 Å². The van der Waals surface area contributed by atoms with E-state index >= 15 is 0 Å². The van der Waals surface area contributed by atoms with Gasteiger partial charge in [0.1, 0.15) is 11.3 Å². The third-order valence-corrected chi connectivity index (χ3v) is 4.57. The van der Waals surface area contributed by atoms with Crippen molar-refractivity contribution in [1.82, 2.24) is 14.6 Å². The molecule has 4 aromatic rings. The van der Waals surface area contributed by atoms with Gasteiger partial charge in [0, 0.05) is 11.5 Å². The molecule has 0 spiro atoms. The monoisotopic (exact) mass is 394 g/mol. The molecule has 0 fully saturated rings. The summed E-state index contributed by atoms with van der Waals surface area (Å²) in [5, 5.41) is 4.68. The number of rotatable bonds is 5. The highest BCUT2D eigenvalue weighted by atomic mass is 16.5. The number of hydrogen-bond acceptors (Lipinski definition) is 6. The number of hydrogen-bond donors (Lipinski definition) is 2. The van der Waals surface area contributed by atoms with Crippen molar-refractivity contribution in [2.45, 2.75) is 0 Å². The fourth-order valence-corrected chi connectivity index (χ4v) is 3.09. The third-order valence-electron chi connectivity index (χ3n) is 4.57. The summed E-state index contributed by atoms with van der Waals surface area (Å²) in [6.45, 7) is 0. The predicted molar refractivity (Wildman–Crippen MR) is 110 cm³/mol. The van der Waals surface area contributed by atoms with Gasteiger partial charge < -0.3 is 24.2 Å². The summed E-state index contributed by atoms with van der Waals surface area (Å²) in [4.78, 5) is 31.1. The van der Waals surface area contributed by atoms with E-state index in [4.69, 9.17) is 14.2 Å². The van der Waals surface area contributed by atoms with Gasteiger partial charge in [0.2, 0.25) is 0 Å². The molecule has 2 heterocycles. The molecular weight excluding hydrogens is 376 g/mol. The Bertz CT molecular complexity index is 1350. The van der Waals surface area contributed by atoms with E-state index in [9.17, 15) is 9.59 Å². The smallest absolute Gasteiger partial charge is 0.350 e. The molecule has 148 valence electrons. The van der Waals surface area contributed by atoms with Crippen LogP contribution in [0.4, 0.5) is 0 Å². The Kier molecular flexibility index (Phi) is 4.55. The van der Waals surface area contributed by atoms with E-state index < -0.39 is 11.2 Å². The lowest BCUT2D eigenvalue weighted by atomic mass is 10.2. The van der Waals surface area contributed by atoms with Crippen LogP contribution in [0.1, 0.15) is 5.56 Å². The highest BCUT2D eigenvalue weighted by Gasteiger charge is 2.15. The van der Waals surface area contributed by atoms with Crippen molar-refractivity contribution in [2.24, 2.45) is 5.10 Å². The SMILES string of the molecule is COc1ccc(C=Nn2c(=O)[nH]c3c([nH]c4cc(OC)c(OC)cc43)c2=O)cc1. The lowest BCUT2D eigenvalue weighted by Crippen LogP contribution is -2.32.